The molecule has 2 nitrogen and oxygen atoms in total. The zero-order chi connectivity index (χ0) is 8.10. The standard InChI is InChI=1S/C8H13ClN2/c1-2-10-5-7-3-4-8(9)11-6-7/h3-4,10-11H,2,5-6H2,1H3. The van der Waals surface area contributed by atoms with Gasteiger partial charge in [0.2, 0.25) is 0 Å². The fourth-order valence-corrected chi connectivity index (χ4v) is 1.04. The normalized spacial score (nSPS) is 16.9. The van der Waals surface area contributed by atoms with E-state index in [1.165, 1.54) is 5.57 Å². The van der Waals surface area contributed by atoms with Crippen molar-refractivity contribution in [2.24, 2.45) is 0 Å². The molecule has 0 fully saturated rings. The van der Waals surface area contributed by atoms with Crippen LogP contribution < -0.4 is 10.6 Å². The first kappa shape index (κ1) is 8.62. The van der Waals surface area contributed by atoms with Crippen molar-refractivity contribution in [2.75, 3.05) is 19.6 Å². The third-order valence-electron chi connectivity index (χ3n) is 1.55. The summed E-state index contributed by atoms with van der Waals surface area (Å²) in [6.45, 7) is 4.92. The number of hydrogen-bond acceptors (Lipinski definition) is 2. The molecule has 0 saturated heterocycles. The molecule has 0 radical (unpaired) electrons. The van der Waals surface area contributed by atoms with Gasteiger partial charge in [0.05, 0.1) is 0 Å². The Morgan fingerprint density at radius 3 is 3.00 bits per heavy atom. The maximum absolute atomic E-state index is 5.70. The molecular formula is C8H13ClN2. The minimum atomic E-state index is 0.727. The number of halogens is 1. The van der Waals surface area contributed by atoms with E-state index in [4.69, 9.17) is 11.6 Å². The quantitative estimate of drug-likeness (QED) is 0.626. The summed E-state index contributed by atoms with van der Waals surface area (Å²) in [5.41, 5.74) is 1.34. The van der Waals surface area contributed by atoms with E-state index < -0.39 is 0 Å². The lowest BCUT2D eigenvalue weighted by Gasteiger charge is -2.13. The van der Waals surface area contributed by atoms with Crippen molar-refractivity contribution in [3.63, 3.8) is 0 Å². The zero-order valence-electron chi connectivity index (χ0n) is 6.65. The fourth-order valence-electron chi connectivity index (χ4n) is 0.914. The topological polar surface area (TPSA) is 24.1 Å². The Morgan fingerprint density at radius 2 is 2.45 bits per heavy atom. The minimum absolute atomic E-state index is 0.727. The third-order valence-corrected chi connectivity index (χ3v) is 1.81. The molecule has 1 rings (SSSR count). The van der Waals surface area contributed by atoms with Crippen LogP contribution in [0.4, 0.5) is 0 Å². The van der Waals surface area contributed by atoms with Gasteiger partial charge in [0.15, 0.2) is 0 Å². The summed E-state index contributed by atoms with van der Waals surface area (Å²) in [5.74, 6) is 0. The van der Waals surface area contributed by atoms with Crippen LogP contribution in [0.2, 0.25) is 0 Å². The molecule has 0 spiro atoms. The Morgan fingerprint density at radius 1 is 1.64 bits per heavy atom. The van der Waals surface area contributed by atoms with Crippen LogP contribution >= 0.6 is 11.6 Å². The number of allylic oxidation sites excluding steroid dienone is 2. The fraction of sp³-hybridized carbons (Fsp3) is 0.500. The molecule has 0 aliphatic carbocycles. The van der Waals surface area contributed by atoms with Crippen LogP contribution in [-0.4, -0.2) is 19.6 Å². The first-order valence-corrected chi connectivity index (χ1v) is 4.20. The maximum atomic E-state index is 5.70. The molecule has 0 aromatic heterocycles. The van der Waals surface area contributed by atoms with Gasteiger partial charge in [-0.25, -0.2) is 0 Å². The predicted octanol–water partition coefficient (Wildman–Crippen LogP) is 1.21. The van der Waals surface area contributed by atoms with Crippen LogP contribution in [0.1, 0.15) is 6.92 Å². The second-order valence-corrected chi connectivity index (χ2v) is 2.88. The van der Waals surface area contributed by atoms with E-state index in [1.807, 2.05) is 6.08 Å². The molecule has 2 N–H and O–H groups in total. The smallest absolute Gasteiger partial charge is 0.102 e. The van der Waals surface area contributed by atoms with Crippen molar-refractivity contribution >= 4 is 11.6 Å². The number of rotatable bonds is 3. The van der Waals surface area contributed by atoms with Gasteiger partial charge >= 0.3 is 0 Å². The lowest BCUT2D eigenvalue weighted by molar-refractivity contribution is 0.742. The van der Waals surface area contributed by atoms with Crippen molar-refractivity contribution in [3.8, 4) is 0 Å². The highest BCUT2D eigenvalue weighted by molar-refractivity contribution is 6.29. The van der Waals surface area contributed by atoms with Crippen LogP contribution in [0.5, 0.6) is 0 Å². The van der Waals surface area contributed by atoms with E-state index in [0.717, 1.165) is 24.8 Å². The largest absolute Gasteiger partial charge is 0.372 e. The number of dihydropyridines is 1. The van der Waals surface area contributed by atoms with Gasteiger partial charge in [0.1, 0.15) is 5.16 Å². The Bertz CT molecular complexity index is 185. The number of hydrogen-bond donors (Lipinski definition) is 2. The highest BCUT2D eigenvalue weighted by atomic mass is 35.5. The Balaban J connectivity index is 2.35. The van der Waals surface area contributed by atoms with Gasteiger partial charge in [-0.2, -0.15) is 0 Å². The monoisotopic (exact) mass is 172 g/mol. The Kier molecular flexibility index (Phi) is 3.46. The molecule has 62 valence electrons. The van der Waals surface area contributed by atoms with Crippen molar-refractivity contribution in [1.29, 1.82) is 0 Å². The highest BCUT2D eigenvalue weighted by Gasteiger charge is 2.01. The molecule has 0 atom stereocenters. The van der Waals surface area contributed by atoms with Gasteiger partial charge < -0.3 is 10.6 Å². The van der Waals surface area contributed by atoms with E-state index in [2.05, 4.69) is 23.6 Å². The van der Waals surface area contributed by atoms with Crippen molar-refractivity contribution in [2.45, 2.75) is 6.92 Å². The maximum Gasteiger partial charge on any atom is 0.102 e. The first-order valence-electron chi connectivity index (χ1n) is 3.82. The van der Waals surface area contributed by atoms with Gasteiger partial charge in [0.25, 0.3) is 0 Å². The highest BCUT2D eigenvalue weighted by Crippen LogP contribution is 2.05. The predicted molar refractivity (Wildman–Crippen MR) is 48.6 cm³/mol. The van der Waals surface area contributed by atoms with Crippen LogP contribution in [0.3, 0.4) is 0 Å². The second-order valence-electron chi connectivity index (χ2n) is 2.47. The Hall–Kier alpha value is -0.470. The van der Waals surface area contributed by atoms with E-state index >= 15 is 0 Å². The molecule has 0 aromatic carbocycles. The van der Waals surface area contributed by atoms with Crippen molar-refractivity contribution in [3.05, 3.63) is 22.9 Å². The van der Waals surface area contributed by atoms with Gasteiger partial charge in [-0.15, -0.1) is 0 Å². The van der Waals surface area contributed by atoms with Crippen LogP contribution in [0, 0.1) is 0 Å². The van der Waals surface area contributed by atoms with E-state index in [-0.39, 0.29) is 0 Å². The van der Waals surface area contributed by atoms with Crippen LogP contribution in [0.25, 0.3) is 0 Å². The molecule has 0 saturated carbocycles. The SMILES string of the molecule is CCNCC1=CC=C(Cl)NC1. The summed E-state index contributed by atoms with van der Waals surface area (Å²) in [4.78, 5) is 0. The van der Waals surface area contributed by atoms with Gasteiger partial charge in [0, 0.05) is 13.1 Å². The van der Waals surface area contributed by atoms with Gasteiger partial charge in [-0.3, -0.25) is 0 Å². The van der Waals surface area contributed by atoms with E-state index in [1.54, 1.807) is 0 Å². The molecular weight excluding hydrogens is 160 g/mol. The average molecular weight is 173 g/mol. The van der Waals surface area contributed by atoms with Gasteiger partial charge in [-0.1, -0.05) is 24.6 Å². The third kappa shape index (κ3) is 2.95. The number of likely N-dealkylation sites (N-methyl/N-ethyl adjacent to an activating group) is 1. The number of nitrogens with one attached hydrogen (secondary N) is 2. The van der Waals surface area contributed by atoms with E-state index in [9.17, 15) is 0 Å². The Labute approximate surface area is 72.3 Å². The molecule has 0 bridgehead atoms. The van der Waals surface area contributed by atoms with Gasteiger partial charge in [-0.05, 0) is 18.2 Å². The summed E-state index contributed by atoms with van der Waals surface area (Å²) >= 11 is 5.70. The second kappa shape index (κ2) is 4.42. The van der Waals surface area contributed by atoms with E-state index in [0.29, 0.717) is 0 Å². The molecule has 0 unspecified atom stereocenters. The molecule has 1 aliphatic heterocycles. The summed E-state index contributed by atoms with van der Waals surface area (Å²) in [6.07, 6.45) is 3.94. The zero-order valence-corrected chi connectivity index (χ0v) is 7.41. The summed E-state index contributed by atoms with van der Waals surface area (Å²) in [5, 5.41) is 7.04. The summed E-state index contributed by atoms with van der Waals surface area (Å²) in [6, 6.07) is 0. The minimum Gasteiger partial charge on any atom is -0.372 e. The molecule has 0 amide bonds. The van der Waals surface area contributed by atoms with Crippen molar-refractivity contribution < 1.29 is 0 Å². The molecule has 3 heteroatoms. The molecule has 11 heavy (non-hydrogen) atoms. The molecule has 0 aromatic rings. The molecule has 1 aliphatic rings. The summed E-state index contributed by atoms with van der Waals surface area (Å²) in [7, 11) is 0. The summed E-state index contributed by atoms with van der Waals surface area (Å²) < 4.78 is 0. The first-order chi connectivity index (χ1) is 5.33. The van der Waals surface area contributed by atoms with Crippen molar-refractivity contribution in [1.82, 2.24) is 10.6 Å². The lowest BCUT2D eigenvalue weighted by atomic mass is 10.2. The van der Waals surface area contributed by atoms with Crippen LogP contribution in [-0.2, 0) is 0 Å². The van der Waals surface area contributed by atoms with Crippen LogP contribution in [0.15, 0.2) is 22.9 Å². The average Bonchev–Trinajstić information content (AvgIpc) is 2.04. The lowest BCUT2D eigenvalue weighted by Crippen LogP contribution is -2.24. The molecule has 1 heterocycles.